The van der Waals surface area contributed by atoms with E-state index in [1.54, 1.807) is 0 Å². The second-order valence-electron chi connectivity index (χ2n) is 16.4. The molecule has 9 heteroatoms. The Bertz CT molecular complexity index is 1110. The molecule has 0 bridgehead atoms. The number of hydrogen-bond donors (Lipinski definition) is 2. The molecule has 0 amide bonds. The molecule has 0 radical (unpaired) electrons. The average molecular weight is 949 g/mol. The molecule has 2 rings (SSSR count). The standard InChI is InChI=1S/2C25H42O4.Ba/c2*1-2-3-4-5-6-12-17-23(26)18-13-7-8-14-19-24(20-25(27)28)29-21-22-15-10-9-11-16-22;/h2*9-11,15-16,23-24,26H,2-8,12-14,17-21H2,1H3,(H,27,28);/q;;+2/p-2. The summed E-state index contributed by atoms with van der Waals surface area (Å²) in [6.45, 7) is 5.32. The third kappa shape index (κ3) is 38.2. The van der Waals surface area contributed by atoms with Crippen molar-refractivity contribution in [3.8, 4) is 0 Å². The van der Waals surface area contributed by atoms with E-state index in [1.807, 2.05) is 60.7 Å². The van der Waals surface area contributed by atoms with Crippen LogP contribution < -0.4 is 10.2 Å². The number of carboxylic acid groups (broad SMARTS) is 2. The molecule has 0 saturated carbocycles. The van der Waals surface area contributed by atoms with Crippen LogP contribution in [0, 0.1) is 0 Å². The Balaban J connectivity index is 0.00000112. The van der Waals surface area contributed by atoms with Gasteiger partial charge in [-0.3, -0.25) is 0 Å². The van der Waals surface area contributed by atoms with Crippen molar-refractivity contribution >= 4 is 60.8 Å². The fourth-order valence-corrected chi connectivity index (χ4v) is 7.26. The summed E-state index contributed by atoms with van der Waals surface area (Å²) in [5.74, 6) is -2.11. The van der Waals surface area contributed by atoms with Crippen LogP contribution in [0.4, 0.5) is 0 Å². The van der Waals surface area contributed by atoms with Crippen LogP contribution in [0.2, 0.25) is 0 Å². The topological polar surface area (TPSA) is 139 Å². The van der Waals surface area contributed by atoms with Crippen LogP contribution in [0.1, 0.15) is 205 Å². The third-order valence-electron chi connectivity index (χ3n) is 10.9. The van der Waals surface area contributed by atoms with Crippen LogP contribution in [0.5, 0.6) is 0 Å². The summed E-state index contributed by atoms with van der Waals surface area (Å²) >= 11 is 0. The maximum Gasteiger partial charge on any atom is 2.00 e. The molecular weight excluding hydrogens is 866 g/mol. The molecule has 2 aromatic rings. The first-order valence-electron chi connectivity index (χ1n) is 23.3. The van der Waals surface area contributed by atoms with E-state index >= 15 is 0 Å². The number of benzene rings is 2. The second-order valence-corrected chi connectivity index (χ2v) is 16.4. The molecule has 0 aliphatic rings. The van der Waals surface area contributed by atoms with E-state index in [2.05, 4.69) is 13.8 Å². The van der Waals surface area contributed by atoms with Crippen LogP contribution in [-0.2, 0) is 32.3 Å². The Hall–Kier alpha value is -1.21. The molecule has 8 nitrogen and oxygen atoms in total. The average Bonchev–Trinajstić information content (AvgIpc) is 3.21. The Kier molecular flexibility index (Phi) is 41.2. The van der Waals surface area contributed by atoms with Crippen molar-refractivity contribution in [2.24, 2.45) is 0 Å². The van der Waals surface area contributed by atoms with Gasteiger partial charge < -0.3 is 39.5 Å². The molecule has 2 aromatic carbocycles. The number of ether oxygens (including phenoxy) is 2. The molecular formula is C50H82BaO8. The summed E-state index contributed by atoms with van der Waals surface area (Å²) in [7, 11) is 0. The fraction of sp³-hybridized carbons (Fsp3) is 0.720. The number of carbonyl (C=O) groups excluding carboxylic acids is 2. The molecule has 2 N–H and O–H groups in total. The number of aliphatic hydroxyl groups is 2. The molecule has 0 heterocycles. The number of aliphatic carboxylic acids is 2. The van der Waals surface area contributed by atoms with Gasteiger partial charge in [0.1, 0.15) is 0 Å². The predicted molar refractivity (Wildman–Crippen MR) is 238 cm³/mol. The van der Waals surface area contributed by atoms with Crippen LogP contribution in [-0.4, -0.2) is 95.4 Å². The number of hydrogen-bond acceptors (Lipinski definition) is 8. The third-order valence-corrected chi connectivity index (χ3v) is 10.9. The minimum Gasteiger partial charge on any atom is -0.550 e. The van der Waals surface area contributed by atoms with E-state index in [-0.39, 0.29) is 86.1 Å². The van der Waals surface area contributed by atoms with E-state index in [1.165, 1.54) is 64.2 Å². The molecule has 59 heavy (non-hydrogen) atoms. The molecule has 0 fully saturated rings. The van der Waals surface area contributed by atoms with Crippen molar-refractivity contribution < 1.29 is 39.5 Å². The van der Waals surface area contributed by atoms with Crippen molar-refractivity contribution in [2.75, 3.05) is 0 Å². The van der Waals surface area contributed by atoms with Gasteiger partial charge in [0, 0.05) is 24.8 Å². The van der Waals surface area contributed by atoms with E-state index in [4.69, 9.17) is 9.47 Å². The van der Waals surface area contributed by atoms with Gasteiger partial charge >= 0.3 is 48.9 Å². The summed E-state index contributed by atoms with van der Waals surface area (Å²) in [5, 5.41) is 42.1. The van der Waals surface area contributed by atoms with Crippen LogP contribution in [0.25, 0.3) is 0 Å². The molecule has 4 unspecified atom stereocenters. The zero-order chi connectivity index (χ0) is 42.3. The van der Waals surface area contributed by atoms with Gasteiger partial charge in [0.05, 0.1) is 37.6 Å². The van der Waals surface area contributed by atoms with Gasteiger partial charge in [-0.25, -0.2) is 0 Å². The van der Waals surface area contributed by atoms with Crippen LogP contribution in [0.3, 0.4) is 0 Å². The van der Waals surface area contributed by atoms with E-state index in [0.717, 1.165) is 114 Å². The van der Waals surface area contributed by atoms with Gasteiger partial charge in [0.25, 0.3) is 0 Å². The van der Waals surface area contributed by atoms with Crippen molar-refractivity contribution in [3.63, 3.8) is 0 Å². The smallest absolute Gasteiger partial charge is 0.550 e. The van der Waals surface area contributed by atoms with Crippen molar-refractivity contribution in [2.45, 2.75) is 231 Å². The first-order valence-corrected chi connectivity index (χ1v) is 23.3. The van der Waals surface area contributed by atoms with Gasteiger partial charge in [0.15, 0.2) is 0 Å². The Morgan fingerprint density at radius 1 is 0.458 bits per heavy atom. The maximum absolute atomic E-state index is 11.0. The first-order chi connectivity index (χ1) is 28.2. The number of carbonyl (C=O) groups is 2. The predicted octanol–water partition coefficient (Wildman–Crippen LogP) is 9.95. The van der Waals surface area contributed by atoms with Gasteiger partial charge in [-0.05, 0) is 49.7 Å². The number of unbranched alkanes of at least 4 members (excludes halogenated alkanes) is 16. The van der Waals surface area contributed by atoms with E-state index in [9.17, 15) is 30.0 Å². The van der Waals surface area contributed by atoms with Gasteiger partial charge in [-0.2, -0.15) is 0 Å². The Labute approximate surface area is 400 Å². The summed E-state index contributed by atoms with van der Waals surface area (Å²) in [4.78, 5) is 21.9. The Morgan fingerprint density at radius 2 is 0.729 bits per heavy atom. The molecule has 0 spiro atoms. The molecule has 4 atom stereocenters. The van der Waals surface area contributed by atoms with E-state index < -0.39 is 11.9 Å². The summed E-state index contributed by atoms with van der Waals surface area (Å²) in [5.41, 5.74) is 2.10. The summed E-state index contributed by atoms with van der Waals surface area (Å²) < 4.78 is 11.6. The Morgan fingerprint density at radius 3 is 1.02 bits per heavy atom. The minimum absolute atomic E-state index is 0. The van der Waals surface area contributed by atoms with Crippen molar-refractivity contribution in [3.05, 3.63) is 71.8 Å². The molecule has 0 aliphatic carbocycles. The molecule has 332 valence electrons. The van der Waals surface area contributed by atoms with E-state index in [0.29, 0.717) is 13.2 Å². The molecule has 0 aliphatic heterocycles. The van der Waals surface area contributed by atoms with Gasteiger partial charge in [-0.1, -0.05) is 203 Å². The molecule has 0 aromatic heterocycles. The SMILES string of the molecule is CCCCCCCCC(O)CCCCCCC(CC(=O)[O-])OCc1ccccc1.CCCCCCCCC(O)CCCCCCC(CC(=O)[O-])OCc1ccccc1.[Ba+2]. The van der Waals surface area contributed by atoms with Crippen LogP contribution in [0.15, 0.2) is 60.7 Å². The van der Waals surface area contributed by atoms with Crippen molar-refractivity contribution in [1.29, 1.82) is 0 Å². The summed E-state index contributed by atoms with van der Waals surface area (Å²) in [6.07, 6.45) is 27.4. The maximum atomic E-state index is 11.0. The van der Waals surface area contributed by atoms with Gasteiger partial charge in [0.2, 0.25) is 0 Å². The monoisotopic (exact) mass is 949 g/mol. The largest absolute Gasteiger partial charge is 2.00 e. The normalized spacial score (nSPS) is 13.1. The molecule has 0 saturated heterocycles. The second kappa shape index (κ2) is 42.1. The fourth-order valence-electron chi connectivity index (χ4n) is 7.26. The quantitative estimate of drug-likeness (QED) is 0.0501. The number of carboxylic acids is 2. The van der Waals surface area contributed by atoms with Crippen molar-refractivity contribution in [1.82, 2.24) is 0 Å². The zero-order valence-corrected chi connectivity index (χ0v) is 41.8. The number of rotatable bonds is 38. The summed E-state index contributed by atoms with van der Waals surface area (Å²) in [6, 6.07) is 19.6. The zero-order valence-electron chi connectivity index (χ0n) is 37.3. The first kappa shape index (κ1) is 57.8. The van der Waals surface area contributed by atoms with Crippen LogP contribution >= 0.6 is 0 Å². The van der Waals surface area contributed by atoms with Gasteiger partial charge in [-0.15, -0.1) is 0 Å². The minimum atomic E-state index is -1.05. The number of aliphatic hydroxyl groups excluding tert-OH is 2.